The number of sulfonamides is 1. The Bertz CT molecular complexity index is 1160. The lowest BCUT2D eigenvalue weighted by Gasteiger charge is -2.33. The van der Waals surface area contributed by atoms with Crippen LogP contribution in [0, 0.1) is 0 Å². The Hall–Kier alpha value is -1.58. The van der Waals surface area contributed by atoms with Gasteiger partial charge in [0.1, 0.15) is 4.21 Å². The van der Waals surface area contributed by atoms with Crippen LogP contribution < -0.4 is 10.5 Å². The third-order valence-electron chi connectivity index (χ3n) is 4.96. The van der Waals surface area contributed by atoms with Crippen molar-refractivity contribution in [1.82, 2.24) is 4.90 Å². The van der Waals surface area contributed by atoms with Gasteiger partial charge in [-0.05, 0) is 76.1 Å². The van der Waals surface area contributed by atoms with Crippen LogP contribution in [0.5, 0.6) is 0 Å². The molecular formula is C20H19BrClN3O2S2. The summed E-state index contributed by atoms with van der Waals surface area (Å²) in [5.41, 5.74) is 10.7. The van der Waals surface area contributed by atoms with Gasteiger partial charge in [0.2, 0.25) is 0 Å². The summed E-state index contributed by atoms with van der Waals surface area (Å²) in [7, 11) is -1.54. The van der Waals surface area contributed by atoms with E-state index in [2.05, 4.69) is 32.6 Å². The Morgan fingerprint density at radius 2 is 1.93 bits per heavy atom. The van der Waals surface area contributed by atoms with Gasteiger partial charge in [0.25, 0.3) is 10.0 Å². The Morgan fingerprint density at radius 3 is 2.59 bits per heavy atom. The van der Waals surface area contributed by atoms with Crippen molar-refractivity contribution in [3.8, 4) is 0 Å². The first-order valence-corrected chi connectivity index (χ1v) is 12.3. The first kappa shape index (κ1) is 20.7. The first-order valence-electron chi connectivity index (χ1n) is 8.87. The van der Waals surface area contributed by atoms with Gasteiger partial charge < -0.3 is 10.6 Å². The SMILES string of the molecule is CN1Cc2c(N)cc(Cl)cc2C(c2ccc(NS(=O)(=O)c3ccc(Br)s3)cc2)C1. The van der Waals surface area contributed by atoms with Crippen LogP contribution in [-0.4, -0.2) is 26.9 Å². The fourth-order valence-electron chi connectivity index (χ4n) is 3.63. The largest absolute Gasteiger partial charge is 0.398 e. The lowest BCUT2D eigenvalue weighted by atomic mass is 9.84. The summed E-state index contributed by atoms with van der Waals surface area (Å²) < 4.78 is 28.7. The average Bonchev–Trinajstić information content (AvgIpc) is 3.10. The molecule has 29 heavy (non-hydrogen) atoms. The van der Waals surface area contributed by atoms with Gasteiger partial charge in [0.15, 0.2) is 0 Å². The lowest BCUT2D eigenvalue weighted by Crippen LogP contribution is -2.31. The number of hydrogen-bond acceptors (Lipinski definition) is 5. The van der Waals surface area contributed by atoms with Crippen LogP contribution in [0.25, 0.3) is 0 Å². The maximum absolute atomic E-state index is 12.5. The van der Waals surface area contributed by atoms with E-state index in [1.807, 2.05) is 18.2 Å². The normalized spacial score (nSPS) is 17.1. The van der Waals surface area contributed by atoms with E-state index >= 15 is 0 Å². The lowest BCUT2D eigenvalue weighted by molar-refractivity contribution is 0.296. The fraction of sp³-hybridized carbons (Fsp3) is 0.200. The van der Waals surface area contributed by atoms with E-state index in [-0.39, 0.29) is 10.1 Å². The van der Waals surface area contributed by atoms with Crippen LogP contribution in [0.3, 0.4) is 0 Å². The van der Waals surface area contributed by atoms with Crippen molar-refractivity contribution in [2.45, 2.75) is 16.7 Å². The molecule has 3 N–H and O–H groups in total. The molecule has 4 rings (SSSR count). The molecule has 3 aromatic rings. The molecule has 1 aliphatic rings. The molecule has 0 amide bonds. The zero-order chi connectivity index (χ0) is 20.8. The van der Waals surface area contributed by atoms with Crippen molar-refractivity contribution in [3.05, 3.63) is 74.0 Å². The molecule has 2 aromatic carbocycles. The number of hydrogen-bond donors (Lipinski definition) is 2. The van der Waals surface area contributed by atoms with Gasteiger partial charge in [-0.15, -0.1) is 11.3 Å². The summed E-state index contributed by atoms with van der Waals surface area (Å²) in [6.07, 6.45) is 0. The fourth-order valence-corrected chi connectivity index (χ4v) is 6.94. The van der Waals surface area contributed by atoms with Crippen molar-refractivity contribution in [2.24, 2.45) is 0 Å². The molecule has 5 nitrogen and oxygen atoms in total. The van der Waals surface area contributed by atoms with E-state index < -0.39 is 10.0 Å². The van der Waals surface area contributed by atoms with Crippen molar-refractivity contribution in [2.75, 3.05) is 24.0 Å². The number of nitrogens with two attached hydrogens (primary N) is 1. The van der Waals surface area contributed by atoms with Crippen molar-refractivity contribution in [1.29, 1.82) is 0 Å². The summed E-state index contributed by atoms with van der Waals surface area (Å²) in [6.45, 7) is 1.62. The topological polar surface area (TPSA) is 75.4 Å². The number of nitrogens with one attached hydrogen (secondary N) is 1. The van der Waals surface area contributed by atoms with Gasteiger partial charge in [0.05, 0.1) is 3.79 Å². The van der Waals surface area contributed by atoms with Gasteiger partial charge in [-0.25, -0.2) is 8.42 Å². The summed E-state index contributed by atoms with van der Waals surface area (Å²) in [5, 5.41) is 0.627. The molecular weight excluding hydrogens is 494 g/mol. The zero-order valence-electron chi connectivity index (χ0n) is 15.5. The molecule has 0 aliphatic carbocycles. The quantitative estimate of drug-likeness (QED) is 0.476. The summed E-state index contributed by atoms with van der Waals surface area (Å²) in [4.78, 5) is 2.22. The van der Waals surface area contributed by atoms with E-state index in [1.165, 1.54) is 11.3 Å². The third kappa shape index (κ3) is 4.32. The number of nitrogen functional groups attached to an aromatic ring is 1. The number of anilines is 2. The summed E-state index contributed by atoms with van der Waals surface area (Å²) in [6, 6.07) is 14.5. The first-order chi connectivity index (χ1) is 13.7. The molecule has 2 heterocycles. The van der Waals surface area contributed by atoms with Crippen molar-refractivity contribution < 1.29 is 8.42 Å². The van der Waals surface area contributed by atoms with Gasteiger partial charge in [-0.3, -0.25) is 4.72 Å². The Labute approximate surface area is 187 Å². The van der Waals surface area contributed by atoms with Crippen LogP contribution >= 0.6 is 38.9 Å². The van der Waals surface area contributed by atoms with Crippen LogP contribution in [-0.2, 0) is 16.6 Å². The second-order valence-electron chi connectivity index (χ2n) is 7.10. The highest BCUT2D eigenvalue weighted by Crippen LogP contribution is 2.38. The Kier molecular flexibility index (Phi) is 5.65. The van der Waals surface area contributed by atoms with Crippen molar-refractivity contribution >= 4 is 60.3 Å². The molecule has 9 heteroatoms. The minimum atomic E-state index is -3.60. The number of halogens is 2. The average molecular weight is 513 g/mol. The van der Waals surface area contributed by atoms with Crippen LogP contribution in [0.1, 0.15) is 22.6 Å². The highest BCUT2D eigenvalue weighted by Gasteiger charge is 2.27. The standard InChI is InChI=1S/C20H19BrClN3O2S2/c1-25-10-16(15-8-13(22)9-18(23)17(15)11-25)12-2-4-14(5-3-12)24-29(26,27)20-7-6-19(21)28-20/h2-9,16,24H,10-11,23H2,1H3. The number of likely N-dealkylation sites (N-methyl/N-ethyl adjacent to an activating group) is 1. The molecule has 1 unspecified atom stereocenters. The molecule has 0 radical (unpaired) electrons. The van der Waals surface area contributed by atoms with E-state index in [4.69, 9.17) is 17.3 Å². The van der Waals surface area contributed by atoms with E-state index in [0.717, 1.165) is 33.6 Å². The molecule has 1 atom stereocenters. The number of benzene rings is 2. The van der Waals surface area contributed by atoms with Gasteiger partial charge >= 0.3 is 0 Å². The minimum Gasteiger partial charge on any atom is -0.398 e. The molecule has 152 valence electrons. The number of thiophene rings is 1. The molecule has 0 saturated heterocycles. The number of rotatable bonds is 4. The highest BCUT2D eigenvalue weighted by atomic mass is 79.9. The summed E-state index contributed by atoms with van der Waals surface area (Å²) in [5.74, 6) is 0.114. The highest BCUT2D eigenvalue weighted by molar-refractivity contribution is 9.11. The number of fused-ring (bicyclic) bond motifs is 1. The van der Waals surface area contributed by atoms with E-state index in [0.29, 0.717) is 16.4 Å². The molecule has 0 spiro atoms. The molecule has 0 fully saturated rings. The van der Waals surface area contributed by atoms with Gasteiger partial charge in [-0.1, -0.05) is 23.7 Å². The molecule has 0 bridgehead atoms. The van der Waals surface area contributed by atoms with Crippen LogP contribution in [0.4, 0.5) is 11.4 Å². The van der Waals surface area contributed by atoms with Crippen LogP contribution in [0.15, 0.2) is 56.5 Å². The van der Waals surface area contributed by atoms with E-state index in [1.54, 1.807) is 30.3 Å². The van der Waals surface area contributed by atoms with E-state index in [9.17, 15) is 8.42 Å². The van der Waals surface area contributed by atoms with Crippen LogP contribution in [0.2, 0.25) is 5.02 Å². The Morgan fingerprint density at radius 1 is 1.21 bits per heavy atom. The smallest absolute Gasteiger partial charge is 0.271 e. The van der Waals surface area contributed by atoms with Gasteiger partial charge in [-0.2, -0.15) is 0 Å². The second-order valence-corrected chi connectivity index (χ2v) is 11.9. The predicted molar refractivity (Wildman–Crippen MR) is 123 cm³/mol. The zero-order valence-corrected chi connectivity index (χ0v) is 19.5. The molecule has 1 aliphatic heterocycles. The molecule has 0 saturated carbocycles. The minimum absolute atomic E-state index is 0.114. The second kappa shape index (κ2) is 7.92. The predicted octanol–water partition coefficient (Wildman–Crippen LogP) is 5.12. The maximum atomic E-state index is 12.5. The Balaban J connectivity index is 1.62. The van der Waals surface area contributed by atoms with Crippen molar-refractivity contribution in [3.63, 3.8) is 0 Å². The maximum Gasteiger partial charge on any atom is 0.271 e. The summed E-state index contributed by atoms with van der Waals surface area (Å²) >= 11 is 10.7. The van der Waals surface area contributed by atoms with Gasteiger partial charge in [0, 0.05) is 35.4 Å². The monoisotopic (exact) mass is 511 g/mol. The number of nitrogens with zero attached hydrogens (tertiary/aromatic N) is 1. The molecule has 1 aromatic heterocycles. The third-order valence-corrected chi connectivity index (χ3v) is 8.68.